The molecule has 0 aliphatic rings. The van der Waals surface area contributed by atoms with Crippen LogP contribution in [0, 0.1) is 0 Å². The Hall–Kier alpha value is -1.92. The topological polar surface area (TPSA) is 103 Å². The third-order valence-electron chi connectivity index (χ3n) is 1.59. The van der Waals surface area contributed by atoms with E-state index in [-0.39, 0.29) is 31.0 Å². The van der Waals surface area contributed by atoms with Gasteiger partial charge in [0.1, 0.15) is 6.42 Å². The average molecular weight is 214 g/mol. The highest BCUT2D eigenvalue weighted by Crippen LogP contribution is 2.02. The van der Waals surface area contributed by atoms with Crippen molar-refractivity contribution in [1.29, 1.82) is 0 Å². The van der Waals surface area contributed by atoms with E-state index in [1.165, 1.54) is 7.11 Å². The molecule has 1 heterocycles. The van der Waals surface area contributed by atoms with Crippen molar-refractivity contribution in [2.45, 2.75) is 19.3 Å². The molecule has 0 radical (unpaired) electrons. The Morgan fingerprint density at radius 2 is 2.27 bits per heavy atom. The molecular weight excluding hydrogens is 204 g/mol. The fraction of sp³-hybridized carbons (Fsp3) is 0.500. The number of carboxylic acid groups (broad SMARTS) is 1. The van der Waals surface area contributed by atoms with E-state index in [1.807, 2.05) is 0 Å². The van der Waals surface area contributed by atoms with Crippen LogP contribution in [0.3, 0.4) is 0 Å². The van der Waals surface area contributed by atoms with Gasteiger partial charge in [0.25, 0.3) is 0 Å². The molecule has 0 unspecified atom stereocenters. The maximum absolute atomic E-state index is 10.8. The van der Waals surface area contributed by atoms with E-state index in [9.17, 15) is 9.59 Å². The summed E-state index contributed by atoms with van der Waals surface area (Å²) in [6.45, 7) is 0. The van der Waals surface area contributed by atoms with Crippen molar-refractivity contribution in [3.8, 4) is 0 Å². The molecule has 0 bridgehead atoms. The van der Waals surface area contributed by atoms with E-state index < -0.39 is 11.9 Å². The molecule has 15 heavy (non-hydrogen) atoms. The summed E-state index contributed by atoms with van der Waals surface area (Å²) in [5, 5.41) is 11.9. The molecule has 82 valence electrons. The number of hydrogen-bond donors (Lipinski definition) is 1. The molecule has 1 rings (SSSR count). The van der Waals surface area contributed by atoms with Crippen molar-refractivity contribution in [3.05, 3.63) is 11.7 Å². The summed E-state index contributed by atoms with van der Waals surface area (Å²) < 4.78 is 9.14. The van der Waals surface area contributed by atoms with Crippen LogP contribution in [0.1, 0.15) is 18.1 Å². The van der Waals surface area contributed by atoms with Gasteiger partial charge in [-0.2, -0.15) is 4.98 Å². The third-order valence-corrected chi connectivity index (χ3v) is 1.59. The van der Waals surface area contributed by atoms with E-state index in [4.69, 9.17) is 9.63 Å². The fourth-order valence-corrected chi connectivity index (χ4v) is 0.879. The summed E-state index contributed by atoms with van der Waals surface area (Å²) in [6, 6.07) is 0. The predicted molar refractivity (Wildman–Crippen MR) is 46.0 cm³/mol. The number of aliphatic carboxylic acids is 1. The quantitative estimate of drug-likeness (QED) is 0.677. The first-order chi connectivity index (χ1) is 7.11. The highest BCUT2D eigenvalue weighted by Gasteiger charge is 2.11. The maximum Gasteiger partial charge on any atom is 0.313 e. The Morgan fingerprint density at radius 3 is 2.87 bits per heavy atom. The largest absolute Gasteiger partial charge is 0.481 e. The number of aryl methyl sites for hydroxylation is 1. The molecule has 0 saturated heterocycles. The summed E-state index contributed by atoms with van der Waals surface area (Å²) in [4.78, 5) is 24.9. The second kappa shape index (κ2) is 5.08. The maximum atomic E-state index is 10.8. The van der Waals surface area contributed by atoms with Crippen molar-refractivity contribution in [2.24, 2.45) is 0 Å². The number of nitrogens with zero attached hydrogens (tertiary/aromatic N) is 2. The number of ether oxygens (including phenoxy) is 1. The second-order valence-corrected chi connectivity index (χ2v) is 2.75. The lowest BCUT2D eigenvalue weighted by molar-refractivity contribution is -0.140. The molecule has 0 aliphatic heterocycles. The van der Waals surface area contributed by atoms with Crippen molar-refractivity contribution < 1.29 is 24.0 Å². The number of hydrogen-bond acceptors (Lipinski definition) is 6. The molecule has 0 atom stereocenters. The number of rotatable bonds is 5. The number of esters is 1. The van der Waals surface area contributed by atoms with Crippen LogP contribution in [0.15, 0.2) is 4.52 Å². The van der Waals surface area contributed by atoms with Crippen LogP contribution < -0.4 is 0 Å². The van der Waals surface area contributed by atoms with E-state index in [1.54, 1.807) is 0 Å². The van der Waals surface area contributed by atoms with Gasteiger partial charge in [-0.25, -0.2) is 0 Å². The van der Waals surface area contributed by atoms with Gasteiger partial charge in [0.2, 0.25) is 5.89 Å². The second-order valence-electron chi connectivity index (χ2n) is 2.75. The van der Waals surface area contributed by atoms with Crippen molar-refractivity contribution >= 4 is 11.9 Å². The molecule has 0 aliphatic carbocycles. The van der Waals surface area contributed by atoms with Crippen molar-refractivity contribution in [3.63, 3.8) is 0 Å². The summed E-state index contributed by atoms with van der Waals surface area (Å²) in [6.07, 6.45) is -0.00354. The predicted octanol–water partition coefficient (Wildman–Crippen LogP) is -0.198. The highest BCUT2D eigenvalue weighted by atomic mass is 16.5. The van der Waals surface area contributed by atoms with E-state index in [0.29, 0.717) is 0 Å². The molecule has 0 amide bonds. The standard InChI is InChI=1S/C8H10N2O5/c1-14-8(13)4-5-9-6(15-10-5)2-3-7(11)12/h2-4H2,1H3,(H,11,12). The number of carbonyl (C=O) groups is 2. The Morgan fingerprint density at radius 1 is 1.53 bits per heavy atom. The van der Waals surface area contributed by atoms with Gasteiger partial charge in [-0.05, 0) is 0 Å². The van der Waals surface area contributed by atoms with Gasteiger partial charge in [0.05, 0.1) is 13.5 Å². The smallest absolute Gasteiger partial charge is 0.313 e. The summed E-state index contributed by atoms with van der Waals surface area (Å²) in [5.74, 6) is -1.01. The summed E-state index contributed by atoms with van der Waals surface area (Å²) in [7, 11) is 1.26. The molecular formula is C8H10N2O5. The van der Waals surface area contributed by atoms with Gasteiger partial charge in [-0.1, -0.05) is 5.16 Å². The first-order valence-corrected chi connectivity index (χ1v) is 4.22. The summed E-state index contributed by atoms with van der Waals surface area (Å²) >= 11 is 0. The summed E-state index contributed by atoms with van der Waals surface area (Å²) in [5.41, 5.74) is 0. The Bertz CT molecular complexity index is 360. The van der Waals surface area contributed by atoms with E-state index >= 15 is 0 Å². The van der Waals surface area contributed by atoms with Gasteiger partial charge >= 0.3 is 11.9 Å². The van der Waals surface area contributed by atoms with Crippen molar-refractivity contribution in [1.82, 2.24) is 10.1 Å². The Labute approximate surface area is 85.0 Å². The van der Waals surface area contributed by atoms with Crippen LogP contribution in [0.25, 0.3) is 0 Å². The Balaban J connectivity index is 2.49. The zero-order chi connectivity index (χ0) is 11.3. The lowest BCUT2D eigenvalue weighted by Gasteiger charge is -1.91. The van der Waals surface area contributed by atoms with Gasteiger partial charge < -0.3 is 14.4 Å². The molecule has 1 aromatic heterocycles. The minimum absolute atomic E-state index is 0.0763. The fourth-order valence-electron chi connectivity index (χ4n) is 0.879. The molecule has 7 nitrogen and oxygen atoms in total. The van der Waals surface area contributed by atoms with Crippen LogP contribution in [-0.2, 0) is 27.2 Å². The SMILES string of the molecule is COC(=O)Cc1noc(CCC(=O)O)n1. The molecule has 0 saturated carbocycles. The zero-order valence-electron chi connectivity index (χ0n) is 8.10. The van der Waals surface area contributed by atoms with Crippen LogP contribution in [0.2, 0.25) is 0 Å². The number of carbonyl (C=O) groups excluding carboxylic acids is 1. The first-order valence-electron chi connectivity index (χ1n) is 4.22. The van der Waals surface area contributed by atoms with Crippen LogP contribution in [0.4, 0.5) is 0 Å². The van der Waals surface area contributed by atoms with Gasteiger partial charge in [-0.15, -0.1) is 0 Å². The van der Waals surface area contributed by atoms with Crippen LogP contribution >= 0.6 is 0 Å². The third kappa shape index (κ3) is 3.75. The van der Waals surface area contributed by atoms with Gasteiger partial charge in [0, 0.05) is 6.42 Å². The van der Waals surface area contributed by atoms with Crippen molar-refractivity contribution in [2.75, 3.05) is 7.11 Å². The molecule has 7 heteroatoms. The minimum atomic E-state index is -0.942. The number of aromatic nitrogens is 2. The average Bonchev–Trinajstić information content (AvgIpc) is 2.62. The molecule has 0 fully saturated rings. The normalized spacial score (nSPS) is 9.93. The van der Waals surface area contributed by atoms with E-state index in [0.717, 1.165) is 0 Å². The lowest BCUT2D eigenvalue weighted by Crippen LogP contribution is -2.06. The molecule has 1 N–H and O–H groups in total. The minimum Gasteiger partial charge on any atom is -0.481 e. The van der Waals surface area contributed by atoms with Gasteiger partial charge in [0.15, 0.2) is 5.82 Å². The van der Waals surface area contributed by atoms with E-state index in [2.05, 4.69) is 14.9 Å². The number of carboxylic acids is 1. The zero-order valence-corrected chi connectivity index (χ0v) is 8.10. The molecule has 0 spiro atoms. The lowest BCUT2D eigenvalue weighted by atomic mass is 10.3. The Kier molecular flexibility index (Phi) is 3.78. The number of methoxy groups -OCH3 is 1. The van der Waals surface area contributed by atoms with Gasteiger partial charge in [-0.3, -0.25) is 9.59 Å². The van der Waals surface area contributed by atoms with Crippen LogP contribution in [-0.4, -0.2) is 34.3 Å². The molecule has 1 aromatic rings. The molecule has 0 aromatic carbocycles. The highest BCUT2D eigenvalue weighted by molar-refractivity contribution is 5.71. The first kappa shape index (κ1) is 11.2. The van der Waals surface area contributed by atoms with Crippen LogP contribution in [0.5, 0.6) is 0 Å². The monoisotopic (exact) mass is 214 g/mol.